The molecule has 0 bridgehead atoms. The van der Waals surface area contributed by atoms with E-state index in [9.17, 15) is 4.79 Å². The number of amides is 1. The summed E-state index contributed by atoms with van der Waals surface area (Å²) in [4.78, 5) is 19.2. The van der Waals surface area contributed by atoms with E-state index in [1.165, 1.54) is 0 Å². The van der Waals surface area contributed by atoms with Crippen LogP contribution in [0, 0.1) is 17.2 Å². The average molecular weight is 320 g/mol. The number of nitrogens with zero attached hydrogens (tertiary/aromatic N) is 3. The van der Waals surface area contributed by atoms with Crippen LogP contribution in [0.25, 0.3) is 0 Å². The summed E-state index contributed by atoms with van der Waals surface area (Å²) in [5.74, 6) is 0.493. The van der Waals surface area contributed by atoms with Gasteiger partial charge in [-0.25, -0.2) is 0 Å². The molecule has 0 radical (unpaired) electrons. The minimum Gasteiger partial charge on any atom is -0.396 e. The molecule has 0 spiro atoms. The van der Waals surface area contributed by atoms with Gasteiger partial charge in [-0.3, -0.25) is 4.79 Å². The molecule has 1 aliphatic carbocycles. The smallest absolute Gasteiger partial charge is 0.237 e. The van der Waals surface area contributed by atoms with Gasteiger partial charge in [-0.05, 0) is 45.4 Å². The molecular formula is C17H28N4O2. The van der Waals surface area contributed by atoms with E-state index in [1.807, 2.05) is 6.92 Å². The predicted octanol–water partition coefficient (Wildman–Crippen LogP) is 2.06. The molecule has 0 unspecified atom stereocenters. The summed E-state index contributed by atoms with van der Waals surface area (Å²) >= 11 is 0. The lowest BCUT2D eigenvalue weighted by Gasteiger charge is -2.21. The molecule has 1 N–H and O–H groups in total. The number of hydrogen-bond acceptors (Lipinski definition) is 5. The number of rotatable bonds is 7. The lowest BCUT2D eigenvalue weighted by Crippen LogP contribution is -2.43. The fourth-order valence-electron chi connectivity index (χ4n) is 3.39. The highest BCUT2D eigenvalue weighted by Crippen LogP contribution is 2.27. The number of likely N-dealkylation sites (tertiary alicyclic amines) is 1. The molecule has 2 aliphatic rings. The van der Waals surface area contributed by atoms with Gasteiger partial charge in [0.05, 0.1) is 18.3 Å². The molecule has 6 heteroatoms. The van der Waals surface area contributed by atoms with Crippen LogP contribution in [-0.2, 0) is 9.63 Å². The average Bonchev–Trinajstić information content (AvgIpc) is 3.21. The molecule has 23 heavy (non-hydrogen) atoms. The molecule has 1 saturated carbocycles. The lowest BCUT2D eigenvalue weighted by atomic mass is 10.0. The molecule has 6 nitrogen and oxygen atoms in total. The molecule has 0 aromatic rings. The summed E-state index contributed by atoms with van der Waals surface area (Å²) in [7, 11) is 0. The first-order valence-electron chi connectivity index (χ1n) is 8.74. The number of oxime groups is 1. The van der Waals surface area contributed by atoms with E-state index in [0.29, 0.717) is 31.7 Å². The van der Waals surface area contributed by atoms with Crippen LogP contribution in [0.4, 0.5) is 0 Å². The number of hydrogen-bond donors (Lipinski definition) is 1. The monoisotopic (exact) mass is 320 g/mol. The van der Waals surface area contributed by atoms with Crippen LogP contribution in [0.1, 0.15) is 52.4 Å². The van der Waals surface area contributed by atoms with Crippen LogP contribution in [0.2, 0.25) is 0 Å². The Morgan fingerprint density at radius 2 is 2.26 bits per heavy atom. The van der Waals surface area contributed by atoms with E-state index in [-0.39, 0.29) is 11.9 Å². The molecule has 2 rings (SSSR count). The summed E-state index contributed by atoms with van der Waals surface area (Å²) in [6.07, 6.45) is 5.85. The summed E-state index contributed by atoms with van der Waals surface area (Å²) in [6, 6.07) is 2.34. The third-order valence-electron chi connectivity index (χ3n) is 4.79. The fourth-order valence-corrected chi connectivity index (χ4v) is 3.39. The Morgan fingerprint density at radius 3 is 3.00 bits per heavy atom. The molecule has 128 valence electrons. The standard InChI is InChI=1S/C17H28N4O2/c1-3-9-23-20-13(2)14-6-7-15(10-14)19-12-17(22)21-8-4-5-16(21)11-18/h14-16,19H,3-10,12H2,1-2H3/b20-13+/t14-,15+,16-/m0/s1. The zero-order chi connectivity index (χ0) is 16.7. The van der Waals surface area contributed by atoms with Gasteiger partial charge in [0, 0.05) is 18.5 Å². The maximum Gasteiger partial charge on any atom is 0.237 e. The number of carbonyl (C=O) groups is 1. The Morgan fingerprint density at radius 1 is 1.43 bits per heavy atom. The molecule has 1 heterocycles. The van der Waals surface area contributed by atoms with Crippen LogP contribution in [0.15, 0.2) is 5.16 Å². The maximum absolute atomic E-state index is 12.2. The summed E-state index contributed by atoms with van der Waals surface area (Å²) in [5, 5.41) is 16.6. The summed E-state index contributed by atoms with van der Waals surface area (Å²) < 4.78 is 0. The van der Waals surface area contributed by atoms with E-state index in [2.05, 4.69) is 23.5 Å². The second-order valence-corrected chi connectivity index (χ2v) is 6.53. The van der Waals surface area contributed by atoms with E-state index in [1.54, 1.807) is 4.90 Å². The molecule has 1 saturated heterocycles. The zero-order valence-corrected chi connectivity index (χ0v) is 14.3. The van der Waals surface area contributed by atoms with Gasteiger partial charge in [0.15, 0.2) is 0 Å². The summed E-state index contributed by atoms with van der Waals surface area (Å²) in [6.45, 7) is 5.80. The van der Waals surface area contributed by atoms with Gasteiger partial charge in [-0.2, -0.15) is 5.26 Å². The topological polar surface area (TPSA) is 77.7 Å². The summed E-state index contributed by atoms with van der Waals surface area (Å²) in [5.41, 5.74) is 1.05. The quantitative estimate of drug-likeness (QED) is 0.442. The van der Waals surface area contributed by atoms with Crippen LogP contribution in [-0.4, -0.2) is 48.3 Å². The molecule has 1 aliphatic heterocycles. The molecule has 0 aromatic carbocycles. The Bertz CT molecular complexity index is 472. The molecule has 2 fully saturated rings. The van der Waals surface area contributed by atoms with Gasteiger partial charge < -0.3 is 15.1 Å². The maximum atomic E-state index is 12.2. The van der Waals surface area contributed by atoms with Crippen LogP contribution in [0.5, 0.6) is 0 Å². The van der Waals surface area contributed by atoms with Crippen molar-refractivity contribution in [2.24, 2.45) is 11.1 Å². The fraction of sp³-hybridized carbons (Fsp3) is 0.824. The van der Waals surface area contributed by atoms with Gasteiger partial charge in [-0.1, -0.05) is 12.1 Å². The predicted molar refractivity (Wildman–Crippen MR) is 88.8 cm³/mol. The Labute approximate surface area is 138 Å². The lowest BCUT2D eigenvalue weighted by molar-refractivity contribution is -0.130. The highest BCUT2D eigenvalue weighted by atomic mass is 16.6. The first-order valence-corrected chi connectivity index (χ1v) is 8.74. The van der Waals surface area contributed by atoms with Crippen LogP contribution in [0.3, 0.4) is 0 Å². The number of carbonyl (C=O) groups excluding carboxylic acids is 1. The van der Waals surface area contributed by atoms with Crippen LogP contribution < -0.4 is 5.32 Å². The van der Waals surface area contributed by atoms with E-state index in [4.69, 9.17) is 10.1 Å². The van der Waals surface area contributed by atoms with Crippen molar-refractivity contribution in [2.75, 3.05) is 19.7 Å². The SMILES string of the molecule is CCCO/N=C(\C)[C@H]1CC[C@@H](NCC(=O)N2CCC[C@H]2C#N)C1. The molecule has 0 aromatic heterocycles. The van der Waals surface area contributed by atoms with Gasteiger partial charge >= 0.3 is 0 Å². The first-order chi connectivity index (χ1) is 11.2. The Kier molecular flexibility index (Phi) is 6.85. The van der Waals surface area contributed by atoms with Crippen molar-refractivity contribution in [3.8, 4) is 6.07 Å². The first kappa shape index (κ1) is 17.7. The molecular weight excluding hydrogens is 292 g/mol. The second-order valence-electron chi connectivity index (χ2n) is 6.53. The van der Waals surface area contributed by atoms with Crippen molar-refractivity contribution in [1.29, 1.82) is 5.26 Å². The van der Waals surface area contributed by atoms with Gasteiger partial charge in [0.25, 0.3) is 0 Å². The molecule has 3 atom stereocenters. The van der Waals surface area contributed by atoms with Crippen molar-refractivity contribution in [2.45, 2.75) is 64.5 Å². The van der Waals surface area contributed by atoms with Gasteiger partial charge in [0.2, 0.25) is 5.91 Å². The van der Waals surface area contributed by atoms with E-state index in [0.717, 1.165) is 44.2 Å². The number of nitrogens with one attached hydrogen (secondary N) is 1. The van der Waals surface area contributed by atoms with Gasteiger partial charge in [0.1, 0.15) is 12.6 Å². The van der Waals surface area contributed by atoms with Gasteiger partial charge in [-0.15, -0.1) is 0 Å². The minimum atomic E-state index is -0.231. The van der Waals surface area contributed by atoms with Crippen molar-refractivity contribution < 1.29 is 9.63 Å². The Balaban J connectivity index is 1.72. The highest BCUT2D eigenvalue weighted by Gasteiger charge is 2.30. The van der Waals surface area contributed by atoms with E-state index >= 15 is 0 Å². The Hall–Kier alpha value is -1.61. The van der Waals surface area contributed by atoms with Crippen molar-refractivity contribution in [3.63, 3.8) is 0 Å². The normalized spacial score (nSPS) is 28.0. The molecule has 1 amide bonds. The third kappa shape index (κ3) is 4.93. The third-order valence-corrected chi connectivity index (χ3v) is 4.79. The van der Waals surface area contributed by atoms with E-state index < -0.39 is 0 Å². The largest absolute Gasteiger partial charge is 0.396 e. The zero-order valence-electron chi connectivity index (χ0n) is 14.3. The van der Waals surface area contributed by atoms with Crippen molar-refractivity contribution in [3.05, 3.63) is 0 Å². The minimum absolute atomic E-state index is 0.0502. The highest BCUT2D eigenvalue weighted by molar-refractivity contribution is 5.84. The second kappa shape index (κ2) is 8.88. The van der Waals surface area contributed by atoms with Crippen molar-refractivity contribution >= 4 is 11.6 Å². The number of nitriles is 1. The van der Waals surface area contributed by atoms with Crippen molar-refractivity contribution in [1.82, 2.24) is 10.2 Å². The van der Waals surface area contributed by atoms with Crippen LogP contribution >= 0.6 is 0 Å².